The van der Waals surface area contributed by atoms with Crippen molar-refractivity contribution in [3.05, 3.63) is 30.4 Å². The van der Waals surface area contributed by atoms with Gasteiger partial charge >= 0.3 is 0 Å². The van der Waals surface area contributed by atoms with Gasteiger partial charge in [0.2, 0.25) is 0 Å². The number of rotatable bonds is 2. The molecule has 0 amide bonds. The predicted octanol–water partition coefficient (Wildman–Crippen LogP) is 0.802. The molecule has 0 fully saturated rings. The van der Waals surface area contributed by atoms with Gasteiger partial charge in [0.1, 0.15) is 11.6 Å². The van der Waals surface area contributed by atoms with E-state index in [1.807, 2.05) is 22.7 Å². The van der Waals surface area contributed by atoms with Crippen LogP contribution in [0.4, 0.5) is 0 Å². The summed E-state index contributed by atoms with van der Waals surface area (Å²) in [4.78, 5) is 4.17. The zero-order valence-electron chi connectivity index (χ0n) is 7.40. The number of fused-ring (bicyclic) bond motifs is 1. The molecule has 0 unspecified atom stereocenters. The third-order valence-electron chi connectivity index (χ3n) is 2.00. The predicted molar refractivity (Wildman–Crippen MR) is 49.6 cm³/mol. The monoisotopic (exact) mass is 177 g/mol. The van der Waals surface area contributed by atoms with Crippen LogP contribution in [0, 0.1) is 0 Å². The Bertz CT molecular complexity index is 422. The summed E-state index contributed by atoms with van der Waals surface area (Å²) in [5.41, 5.74) is 6.56. The number of pyridine rings is 1. The third kappa shape index (κ3) is 1.25. The number of hydrogen-bond acceptors (Lipinski definition) is 3. The lowest BCUT2D eigenvalue weighted by Crippen LogP contribution is -2.02. The van der Waals surface area contributed by atoms with Crippen LogP contribution in [0.15, 0.2) is 24.5 Å². The third-order valence-corrected chi connectivity index (χ3v) is 2.00. The first-order valence-corrected chi connectivity index (χ1v) is 4.05. The van der Waals surface area contributed by atoms with E-state index in [1.165, 1.54) is 0 Å². The van der Waals surface area contributed by atoms with E-state index >= 15 is 0 Å². The first-order valence-electron chi connectivity index (χ1n) is 4.05. The zero-order chi connectivity index (χ0) is 9.26. The molecule has 0 atom stereocenters. The molecule has 0 saturated heterocycles. The Labute approximate surface area is 76.0 Å². The highest BCUT2D eigenvalue weighted by molar-refractivity contribution is 5.48. The summed E-state index contributed by atoms with van der Waals surface area (Å²) >= 11 is 0. The molecule has 0 aliphatic rings. The minimum Gasteiger partial charge on any atom is -0.495 e. The molecule has 13 heavy (non-hydrogen) atoms. The smallest absolute Gasteiger partial charge is 0.135 e. The van der Waals surface area contributed by atoms with E-state index in [2.05, 4.69) is 4.98 Å². The molecule has 0 saturated carbocycles. The van der Waals surface area contributed by atoms with Crippen LogP contribution in [-0.2, 0) is 6.54 Å². The van der Waals surface area contributed by atoms with Crippen molar-refractivity contribution in [1.29, 1.82) is 0 Å². The molecule has 0 spiro atoms. The number of imidazole rings is 1. The first kappa shape index (κ1) is 8.07. The van der Waals surface area contributed by atoms with E-state index in [-0.39, 0.29) is 0 Å². The number of nitrogens with two attached hydrogens (primary N) is 1. The van der Waals surface area contributed by atoms with Gasteiger partial charge in [-0.1, -0.05) is 0 Å². The molecule has 4 nitrogen and oxygen atoms in total. The number of nitrogens with zero attached hydrogens (tertiary/aromatic N) is 2. The van der Waals surface area contributed by atoms with Crippen molar-refractivity contribution in [3.63, 3.8) is 0 Å². The van der Waals surface area contributed by atoms with E-state index in [9.17, 15) is 0 Å². The summed E-state index contributed by atoms with van der Waals surface area (Å²) in [7, 11) is 1.64. The van der Waals surface area contributed by atoms with Crippen LogP contribution in [0.2, 0.25) is 0 Å². The maximum absolute atomic E-state index is 5.53. The minimum absolute atomic E-state index is 0.432. The second kappa shape index (κ2) is 3.06. The zero-order valence-corrected chi connectivity index (χ0v) is 7.40. The highest BCUT2D eigenvalue weighted by Crippen LogP contribution is 2.14. The maximum Gasteiger partial charge on any atom is 0.135 e. The van der Waals surface area contributed by atoms with Gasteiger partial charge in [-0.15, -0.1) is 0 Å². The van der Waals surface area contributed by atoms with Gasteiger partial charge in [0.15, 0.2) is 0 Å². The minimum atomic E-state index is 0.432. The van der Waals surface area contributed by atoms with Crippen LogP contribution in [0.3, 0.4) is 0 Å². The summed E-state index contributed by atoms with van der Waals surface area (Å²) in [5, 5.41) is 0. The van der Waals surface area contributed by atoms with Gasteiger partial charge in [-0.3, -0.25) is 4.40 Å². The Morgan fingerprint density at radius 3 is 3.08 bits per heavy atom. The molecule has 0 bridgehead atoms. The SMILES string of the molecule is COc1ccc2cnc(CN)n2c1. The van der Waals surface area contributed by atoms with Crippen LogP contribution in [0.5, 0.6) is 5.75 Å². The Kier molecular flexibility index (Phi) is 1.90. The van der Waals surface area contributed by atoms with Crippen LogP contribution >= 0.6 is 0 Å². The van der Waals surface area contributed by atoms with Crippen LogP contribution in [-0.4, -0.2) is 16.5 Å². The van der Waals surface area contributed by atoms with E-state index in [0.29, 0.717) is 6.54 Å². The van der Waals surface area contributed by atoms with Crippen molar-refractivity contribution < 1.29 is 4.74 Å². The number of ether oxygens (including phenoxy) is 1. The first-order chi connectivity index (χ1) is 6.35. The lowest BCUT2D eigenvalue weighted by Gasteiger charge is -2.02. The number of hydrogen-bond donors (Lipinski definition) is 1. The molecule has 4 heteroatoms. The van der Waals surface area contributed by atoms with E-state index in [0.717, 1.165) is 17.1 Å². The van der Waals surface area contributed by atoms with Gasteiger partial charge in [0, 0.05) is 0 Å². The fourth-order valence-electron chi connectivity index (χ4n) is 1.30. The molecule has 2 rings (SSSR count). The second-order valence-electron chi connectivity index (χ2n) is 2.74. The van der Waals surface area contributed by atoms with Crippen molar-refractivity contribution in [1.82, 2.24) is 9.38 Å². The highest BCUT2D eigenvalue weighted by atomic mass is 16.5. The summed E-state index contributed by atoms with van der Waals surface area (Å²) in [6.45, 7) is 0.432. The van der Waals surface area contributed by atoms with E-state index in [4.69, 9.17) is 10.5 Å². The van der Waals surface area contributed by atoms with Gasteiger partial charge in [-0.25, -0.2) is 4.98 Å². The van der Waals surface area contributed by atoms with Crippen LogP contribution < -0.4 is 10.5 Å². The maximum atomic E-state index is 5.53. The van der Waals surface area contributed by atoms with Gasteiger partial charge in [-0.2, -0.15) is 0 Å². The molecule has 0 aliphatic carbocycles. The average molecular weight is 177 g/mol. The van der Waals surface area contributed by atoms with Gasteiger partial charge in [0.25, 0.3) is 0 Å². The Morgan fingerprint density at radius 1 is 1.54 bits per heavy atom. The fourth-order valence-corrected chi connectivity index (χ4v) is 1.30. The molecule has 2 N–H and O–H groups in total. The Morgan fingerprint density at radius 2 is 2.38 bits per heavy atom. The van der Waals surface area contributed by atoms with Gasteiger partial charge in [0.05, 0.1) is 31.6 Å². The molecule has 0 aromatic carbocycles. The van der Waals surface area contributed by atoms with E-state index < -0.39 is 0 Å². The van der Waals surface area contributed by atoms with Crippen molar-refractivity contribution in [2.45, 2.75) is 6.54 Å². The Hall–Kier alpha value is -1.55. The van der Waals surface area contributed by atoms with Crippen molar-refractivity contribution in [3.8, 4) is 5.75 Å². The highest BCUT2D eigenvalue weighted by Gasteiger charge is 2.01. The lowest BCUT2D eigenvalue weighted by molar-refractivity contribution is 0.412. The second-order valence-corrected chi connectivity index (χ2v) is 2.74. The summed E-state index contributed by atoms with van der Waals surface area (Å²) in [6, 6.07) is 3.85. The fraction of sp³-hybridized carbons (Fsp3) is 0.222. The molecule has 2 heterocycles. The average Bonchev–Trinajstić information content (AvgIpc) is 2.59. The van der Waals surface area contributed by atoms with E-state index in [1.54, 1.807) is 13.3 Å². The number of aromatic nitrogens is 2. The Balaban J connectivity index is 2.64. The van der Waals surface area contributed by atoms with Crippen molar-refractivity contribution in [2.75, 3.05) is 7.11 Å². The van der Waals surface area contributed by atoms with Crippen LogP contribution in [0.1, 0.15) is 5.82 Å². The molecular formula is C9H11N3O. The van der Waals surface area contributed by atoms with Gasteiger partial charge in [-0.05, 0) is 12.1 Å². The normalized spacial score (nSPS) is 10.6. The molecule has 0 radical (unpaired) electrons. The summed E-state index contributed by atoms with van der Waals surface area (Å²) < 4.78 is 7.03. The largest absolute Gasteiger partial charge is 0.495 e. The summed E-state index contributed by atoms with van der Waals surface area (Å²) in [6.07, 6.45) is 3.67. The topological polar surface area (TPSA) is 52.5 Å². The molecule has 2 aromatic heterocycles. The quantitative estimate of drug-likeness (QED) is 0.738. The lowest BCUT2D eigenvalue weighted by atomic mass is 10.4. The number of methoxy groups -OCH3 is 1. The van der Waals surface area contributed by atoms with Crippen molar-refractivity contribution in [2.24, 2.45) is 5.73 Å². The molecule has 2 aromatic rings. The molecule has 68 valence electrons. The molecule has 0 aliphatic heterocycles. The molecular weight excluding hydrogens is 166 g/mol. The summed E-state index contributed by atoms with van der Waals surface area (Å²) in [5.74, 6) is 1.65. The van der Waals surface area contributed by atoms with Crippen molar-refractivity contribution >= 4 is 5.52 Å². The van der Waals surface area contributed by atoms with Gasteiger partial charge < -0.3 is 10.5 Å². The standard InChI is InChI=1S/C9H11N3O/c1-13-8-3-2-7-5-11-9(4-10)12(7)6-8/h2-3,5-6H,4,10H2,1H3. The van der Waals surface area contributed by atoms with Crippen LogP contribution in [0.25, 0.3) is 5.52 Å².